The molecule has 1 amide bonds. The van der Waals surface area contributed by atoms with E-state index in [4.69, 9.17) is 0 Å². The number of amides is 1. The van der Waals surface area contributed by atoms with Crippen LogP contribution in [0, 0.1) is 0 Å². The summed E-state index contributed by atoms with van der Waals surface area (Å²) in [5.41, 5.74) is 1.76. The standard InChI is InChI=1S/C18H30N2O3S/c1-6-7-13-19(4)18(21)12-14-20(24(5,22)23)17-10-8-16(9-11-17)15(2)3/h8-11,15H,6-7,12-14H2,1-5H3. The van der Waals surface area contributed by atoms with Crippen molar-refractivity contribution < 1.29 is 13.2 Å². The van der Waals surface area contributed by atoms with E-state index in [-0.39, 0.29) is 18.9 Å². The van der Waals surface area contributed by atoms with Crippen LogP contribution in [-0.4, -0.2) is 45.6 Å². The maximum atomic E-state index is 12.2. The number of hydrogen-bond acceptors (Lipinski definition) is 3. The Bertz CT molecular complexity index is 624. The van der Waals surface area contributed by atoms with Gasteiger partial charge in [-0.25, -0.2) is 8.42 Å². The summed E-state index contributed by atoms with van der Waals surface area (Å²) >= 11 is 0. The molecule has 0 fully saturated rings. The van der Waals surface area contributed by atoms with E-state index in [1.807, 2.05) is 24.3 Å². The lowest BCUT2D eigenvalue weighted by Crippen LogP contribution is -2.35. The monoisotopic (exact) mass is 354 g/mol. The number of benzene rings is 1. The number of nitrogens with zero attached hydrogens (tertiary/aromatic N) is 2. The molecule has 0 aromatic heterocycles. The number of sulfonamides is 1. The van der Waals surface area contributed by atoms with Crippen LogP contribution in [0.2, 0.25) is 0 Å². The van der Waals surface area contributed by atoms with E-state index in [1.165, 1.54) is 10.6 Å². The van der Waals surface area contributed by atoms with Crippen molar-refractivity contribution in [1.29, 1.82) is 0 Å². The number of carbonyl (C=O) groups is 1. The van der Waals surface area contributed by atoms with Crippen LogP contribution in [0.25, 0.3) is 0 Å². The smallest absolute Gasteiger partial charge is 0.232 e. The summed E-state index contributed by atoms with van der Waals surface area (Å²) in [6.07, 6.45) is 3.33. The van der Waals surface area contributed by atoms with Crippen LogP contribution >= 0.6 is 0 Å². The van der Waals surface area contributed by atoms with Gasteiger partial charge in [-0.05, 0) is 30.0 Å². The van der Waals surface area contributed by atoms with E-state index in [9.17, 15) is 13.2 Å². The molecule has 0 aliphatic carbocycles. The average Bonchev–Trinajstić information content (AvgIpc) is 2.51. The molecule has 0 N–H and O–H groups in total. The molecule has 0 heterocycles. The SMILES string of the molecule is CCCCN(C)C(=O)CCN(c1ccc(C(C)C)cc1)S(C)(=O)=O. The molecule has 0 atom stereocenters. The lowest BCUT2D eigenvalue weighted by atomic mass is 10.0. The zero-order valence-electron chi connectivity index (χ0n) is 15.4. The van der Waals surface area contributed by atoms with Crippen LogP contribution in [0.4, 0.5) is 5.69 Å². The summed E-state index contributed by atoms with van der Waals surface area (Å²) in [4.78, 5) is 13.8. The predicted octanol–water partition coefficient (Wildman–Crippen LogP) is 3.22. The Morgan fingerprint density at radius 1 is 1.12 bits per heavy atom. The van der Waals surface area contributed by atoms with Crippen LogP contribution in [0.15, 0.2) is 24.3 Å². The molecule has 0 aliphatic heterocycles. The number of anilines is 1. The average molecular weight is 355 g/mol. The molecule has 1 aromatic carbocycles. The zero-order chi connectivity index (χ0) is 18.3. The third-order valence-electron chi connectivity index (χ3n) is 4.05. The first-order chi connectivity index (χ1) is 11.2. The van der Waals surface area contributed by atoms with Gasteiger partial charge in [-0.1, -0.05) is 39.3 Å². The van der Waals surface area contributed by atoms with Crippen molar-refractivity contribution in [3.63, 3.8) is 0 Å². The van der Waals surface area contributed by atoms with E-state index < -0.39 is 10.0 Å². The van der Waals surface area contributed by atoms with Gasteiger partial charge < -0.3 is 4.90 Å². The van der Waals surface area contributed by atoms with Gasteiger partial charge in [-0.3, -0.25) is 9.10 Å². The first-order valence-corrected chi connectivity index (χ1v) is 10.3. The maximum absolute atomic E-state index is 12.2. The molecule has 0 saturated carbocycles. The Balaban J connectivity index is 2.82. The van der Waals surface area contributed by atoms with Crippen LogP contribution in [0.1, 0.15) is 51.5 Å². The molecule has 24 heavy (non-hydrogen) atoms. The predicted molar refractivity (Wildman–Crippen MR) is 99.9 cm³/mol. The largest absolute Gasteiger partial charge is 0.346 e. The highest BCUT2D eigenvalue weighted by atomic mass is 32.2. The van der Waals surface area contributed by atoms with Gasteiger partial charge in [0.05, 0.1) is 11.9 Å². The molecule has 6 heteroatoms. The second-order valence-electron chi connectivity index (χ2n) is 6.50. The minimum absolute atomic E-state index is 0.0316. The Morgan fingerprint density at radius 2 is 1.71 bits per heavy atom. The molecule has 136 valence electrons. The maximum Gasteiger partial charge on any atom is 0.232 e. The van der Waals surface area contributed by atoms with Gasteiger partial charge in [0.15, 0.2) is 0 Å². The fourth-order valence-corrected chi connectivity index (χ4v) is 3.35. The number of unbranched alkanes of at least 4 members (excludes halogenated alkanes) is 1. The quantitative estimate of drug-likeness (QED) is 0.684. The molecular formula is C18H30N2O3S. The summed E-state index contributed by atoms with van der Waals surface area (Å²) in [5, 5.41) is 0. The Morgan fingerprint density at radius 3 is 2.17 bits per heavy atom. The molecular weight excluding hydrogens is 324 g/mol. The molecule has 0 bridgehead atoms. The fraction of sp³-hybridized carbons (Fsp3) is 0.611. The molecule has 0 spiro atoms. The third kappa shape index (κ3) is 6.15. The third-order valence-corrected chi connectivity index (χ3v) is 5.24. The van der Waals surface area contributed by atoms with E-state index >= 15 is 0 Å². The van der Waals surface area contributed by atoms with Gasteiger partial charge in [0.25, 0.3) is 0 Å². The van der Waals surface area contributed by atoms with Gasteiger partial charge in [-0.2, -0.15) is 0 Å². The molecule has 0 unspecified atom stereocenters. The Hall–Kier alpha value is -1.56. The number of rotatable bonds is 9. The molecule has 5 nitrogen and oxygen atoms in total. The van der Waals surface area contributed by atoms with Crippen molar-refractivity contribution in [1.82, 2.24) is 4.90 Å². The minimum atomic E-state index is -3.43. The highest BCUT2D eigenvalue weighted by molar-refractivity contribution is 7.92. The molecule has 0 radical (unpaired) electrons. The molecule has 0 saturated heterocycles. The van der Waals surface area contributed by atoms with Crippen molar-refractivity contribution in [3.05, 3.63) is 29.8 Å². The van der Waals surface area contributed by atoms with Crippen LogP contribution in [0.5, 0.6) is 0 Å². The topological polar surface area (TPSA) is 57.7 Å². The minimum Gasteiger partial charge on any atom is -0.346 e. The lowest BCUT2D eigenvalue weighted by Gasteiger charge is -2.24. The van der Waals surface area contributed by atoms with Gasteiger partial charge in [-0.15, -0.1) is 0 Å². The van der Waals surface area contributed by atoms with Crippen molar-refractivity contribution in [2.75, 3.05) is 30.7 Å². The first-order valence-electron chi connectivity index (χ1n) is 8.48. The summed E-state index contributed by atoms with van der Waals surface area (Å²) in [7, 11) is -1.66. The van der Waals surface area contributed by atoms with Crippen molar-refractivity contribution in [3.8, 4) is 0 Å². The van der Waals surface area contributed by atoms with Gasteiger partial charge >= 0.3 is 0 Å². The summed E-state index contributed by atoms with van der Waals surface area (Å²) in [5.74, 6) is 0.357. The van der Waals surface area contributed by atoms with E-state index in [2.05, 4.69) is 20.8 Å². The Kier molecular flexibility index (Phi) is 7.73. The second kappa shape index (κ2) is 9.06. The first kappa shape index (κ1) is 20.5. The van der Waals surface area contributed by atoms with Crippen LogP contribution < -0.4 is 4.31 Å². The van der Waals surface area contributed by atoms with E-state index in [1.54, 1.807) is 11.9 Å². The molecule has 1 rings (SSSR count). The lowest BCUT2D eigenvalue weighted by molar-refractivity contribution is -0.129. The van der Waals surface area contributed by atoms with Crippen LogP contribution in [0.3, 0.4) is 0 Å². The van der Waals surface area contributed by atoms with Gasteiger partial charge in [0.2, 0.25) is 15.9 Å². The van der Waals surface area contributed by atoms with Crippen molar-refractivity contribution in [2.45, 2.75) is 46.0 Å². The summed E-state index contributed by atoms with van der Waals surface area (Å²) in [6, 6.07) is 7.49. The fourth-order valence-electron chi connectivity index (χ4n) is 2.42. The normalized spacial score (nSPS) is 11.6. The van der Waals surface area contributed by atoms with E-state index in [0.717, 1.165) is 18.4 Å². The number of hydrogen-bond donors (Lipinski definition) is 0. The Labute approximate surface area is 146 Å². The highest BCUT2D eigenvalue weighted by Crippen LogP contribution is 2.22. The van der Waals surface area contributed by atoms with Crippen molar-refractivity contribution >= 4 is 21.6 Å². The van der Waals surface area contributed by atoms with Gasteiger partial charge in [0, 0.05) is 26.6 Å². The summed E-state index contributed by atoms with van der Waals surface area (Å²) < 4.78 is 25.5. The molecule has 0 aliphatic rings. The van der Waals surface area contributed by atoms with Gasteiger partial charge in [0.1, 0.15) is 0 Å². The summed E-state index contributed by atoms with van der Waals surface area (Å²) in [6.45, 7) is 7.12. The van der Waals surface area contributed by atoms with Crippen molar-refractivity contribution in [2.24, 2.45) is 0 Å². The zero-order valence-corrected chi connectivity index (χ0v) is 16.3. The van der Waals surface area contributed by atoms with Crippen LogP contribution in [-0.2, 0) is 14.8 Å². The highest BCUT2D eigenvalue weighted by Gasteiger charge is 2.19. The molecule has 1 aromatic rings. The second-order valence-corrected chi connectivity index (χ2v) is 8.41. The van der Waals surface area contributed by atoms with E-state index in [0.29, 0.717) is 18.2 Å². The number of carbonyl (C=O) groups excluding carboxylic acids is 1.